The van der Waals surface area contributed by atoms with Crippen LogP contribution in [0.4, 0.5) is 0 Å². The van der Waals surface area contributed by atoms with Crippen molar-refractivity contribution in [2.45, 2.75) is 43.9 Å². The molecule has 0 spiro atoms. The molecular weight excluding hydrogens is 420 g/mol. The number of hydrogen-bond donors (Lipinski definition) is 2. The molecule has 1 aliphatic heterocycles. The molecule has 33 heavy (non-hydrogen) atoms. The van der Waals surface area contributed by atoms with Crippen molar-refractivity contribution >= 4 is 0 Å². The molecule has 3 aromatic rings. The minimum absolute atomic E-state index is 0.0895. The predicted octanol–water partition coefficient (Wildman–Crippen LogP) is 3.62. The van der Waals surface area contributed by atoms with Gasteiger partial charge in [0.15, 0.2) is 6.29 Å². The summed E-state index contributed by atoms with van der Waals surface area (Å²) in [6.07, 6.45) is -3.75. The van der Waals surface area contributed by atoms with Crippen LogP contribution in [0.5, 0.6) is 0 Å². The van der Waals surface area contributed by atoms with E-state index in [-0.39, 0.29) is 13.2 Å². The highest BCUT2D eigenvalue weighted by Crippen LogP contribution is 2.30. The van der Waals surface area contributed by atoms with E-state index in [4.69, 9.17) is 18.9 Å². The van der Waals surface area contributed by atoms with Gasteiger partial charge in [-0.3, -0.25) is 0 Å². The Morgan fingerprint density at radius 1 is 0.788 bits per heavy atom. The van der Waals surface area contributed by atoms with Crippen molar-refractivity contribution in [1.82, 2.24) is 0 Å². The molecule has 0 aromatic heterocycles. The Labute approximate surface area is 194 Å². The Hall–Kier alpha value is -2.58. The lowest BCUT2D eigenvalue weighted by Gasteiger charge is -2.40. The average Bonchev–Trinajstić information content (AvgIpc) is 2.88. The van der Waals surface area contributed by atoms with E-state index in [0.717, 1.165) is 16.7 Å². The molecule has 174 valence electrons. The molecule has 1 fully saturated rings. The molecule has 0 saturated carbocycles. The fraction of sp³-hybridized carbons (Fsp3) is 0.333. The number of ether oxygens (including phenoxy) is 4. The number of aliphatic hydroxyl groups is 2. The molecule has 0 amide bonds. The zero-order chi connectivity index (χ0) is 22.9. The Kier molecular flexibility index (Phi) is 8.60. The molecular formula is C27H30O6. The molecule has 0 aliphatic carbocycles. The second-order valence-corrected chi connectivity index (χ2v) is 8.02. The van der Waals surface area contributed by atoms with Gasteiger partial charge >= 0.3 is 0 Å². The fourth-order valence-corrected chi connectivity index (χ4v) is 3.84. The van der Waals surface area contributed by atoms with Crippen LogP contribution >= 0.6 is 0 Å². The van der Waals surface area contributed by atoms with Crippen molar-refractivity contribution < 1.29 is 29.2 Å². The highest BCUT2D eigenvalue weighted by molar-refractivity contribution is 5.17. The monoisotopic (exact) mass is 450 g/mol. The minimum atomic E-state index is -0.930. The number of rotatable bonds is 10. The molecule has 3 unspecified atom stereocenters. The third-order valence-electron chi connectivity index (χ3n) is 5.61. The van der Waals surface area contributed by atoms with E-state index in [0.29, 0.717) is 13.2 Å². The van der Waals surface area contributed by atoms with Gasteiger partial charge in [-0.15, -0.1) is 0 Å². The quantitative estimate of drug-likeness (QED) is 0.491. The van der Waals surface area contributed by atoms with Gasteiger partial charge in [-0.05, 0) is 11.1 Å². The predicted molar refractivity (Wildman–Crippen MR) is 123 cm³/mol. The zero-order valence-electron chi connectivity index (χ0n) is 18.4. The van der Waals surface area contributed by atoms with Gasteiger partial charge in [-0.2, -0.15) is 0 Å². The lowest BCUT2D eigenvalue weighted by molar-refractivity contribution is -0.293. The molecule has 0 bridgehead atoms. The topological polar surface area (TPSA) is 77.4 Å². The molecule has 6 heteroatoms. The van der Waals surface area contributed by atoms with E-state index in [9.17, 15) is 10.2 Å². The van der Waals surface area contributed by atoms with Crippen molar-refractivity contribution in [3.63, 3.8) is 0 Å². The maximum atomic E-state index is 10.8. The minimum Gasteiger partial charge on any atom is -0.394 e. The first-order chi connectivity index (χ1) is 16.2. The molecule has 1 aliphatic rings. The summed E-state index contributed by atoms with van der Waals surface area (Å²) in [4.78, 5) is 0. The van der Waals surface area contributed by atoms with Crippen LogP contribution in [-0.4, -0.2) is 47.8 Å². The van der Waals surface area contributed by atoms with Crippen LogP contribution in [-0.2, 0) is 32.2 Å². The Balaban J connectivity index is 1.53. The molecule has 1 heterocycles. The van der Waals surface area contributed by atoms with Gasteiger partial charge < -0.3 is 29.2 Å². The van der Waals surface area contributed by atoms with Gasteiger partial charge in [0.1, 0.15) is 24.4 Å². The third-order valence-corrected chi connectivity index (χ3v) is 5.61. The van der Waals surface area contributed by atoms with Crippen LogP contribution in [0, 0.1) is 0 Å². The highest BCUT2D eigenvalue weighted by atomic mass is 16.7. The number of hydrogen-bond acceptors (Lipinski definition) is 6. The summed E-state index contributed by atoms with van der Waals surface area (Å²) in [6.45, 7) is 0.404. The number of aliphatic hydroxyl groups excluding tert-OH is 2. The zero-order valence-corrected chi connectivity index (χ0v) is 18.4. The van der Waals surface area contributed by atoms with E-state index in [1.807, 2.05) is 91.0 Å². The summed E-state index contributed by atoms with van der Waals surface area (Å²) < 4.78 is 24.2. The van der Waals surface area contributed by atoms with E-state index < -0.39 is 30.7 Å². The van der Waals surface area contributed by atoms with Crippen LogP contribution in [0.3, 0.4) is 0 Å². The van der Waals surface area contributed by atoms with Crippen molar-refractivity contribution in [2.24, 2.45) is 0 Å². The maximum Gasteiger partial charge on any atom is 0.184 e. The molecule has 5 atom stereocenters. The normalized spacial score (nSPS) is 22.5. The first-order valence-electron chi connectivity index (χ1n) is 11.2. The van der Waals surface area contributed by atoms with Crippen LogP contribution in [0.25, 0.3) is 0 Å². The first kappa shape index (κ1) is 23.6. The maximum absolute atomic E-state index is 10.8. The molecule has 3 aromatic carbocycles. The lowest BCUT2D eigenvalue weighted by atomic mass is 10.0. The Bertz CT molecular complexity index is 937. The second kappa shape index (κ2) is 12.0. The summed E-state index contributed by atoms with van der Waals surface area (Å²) in [7, 11) is 0. The Morgan fingerprint density at radius 3 is 1.91 bits per heavy atom. The van der Waals surface area contributed by atoms with Crippen LogP contribution in [0.1, 0.15) is 23.0 Å². The fourth-order valence-electron chi connectivity index (χ4n) is 3.84. The van der Waals surface area contributed by atoms with Crippen LogP contribution in [0.2, 0.25) is 0 Å². The Morgan fingerprint density at radius 2 is 1.33 bits per heavy atom. The van der Waals surface area contributed by atoms with Gasteiger partial charge in [0.25, 0.3) is 0 Å². The van der Waals surface area contributed by atoms with Gasteiger partial charge in [0, 0.05) is 5.56 Å². The van der Waals surface area contributed by atoms with E-state index in [2.05, 4.69) is 0 Å². The molecule has 2 N–H and O–H groups in total. The smallest absolute Gasteiger partial charge is 0.184 e. The molecule has 0 radical (unpaired) electrons. The summed E-state index contributed by atoms with van der Waals surface area (Å²) in [5.74, 6) is 0. The highest BCUT2D eigenvalue weighted by Gasteiger charge is 2.41. The lowest BCUT2D eigenvalue weighted by Crippen LogP contribution is -2.54. The van der Waals surface area contributed by atoms with E-state index in [1.165, 1.54) is 0 Å². The van der Waals surface area contributed by atoms with E-state index >= 15 is 0 Å². The van der Waals surface area contributed by atoms with Gasteiger partial charge in [0.05, 0.1) is 26.4 Å². The van der Waals surface area contributed by atoms with Gasteiger partial charge in [-0.25, -0.2) is 0 Å². The standard InChI is InChI=1S/C27H30O6/c28-16-24(30-17-20-10-4-1-5-11-20)26(31-18-21-12-6-2-7-13-21)25-23(29)19-32-27(33-25)22-14-8-3-9-15-22/h1-15,23-29H,16-19H2/t23-,24-,25?,26?,27?/m0/s1. The average molecular weight is 451 g/mol. The SMILES string of the molecule is OC[C@H](OCc1ccccc1)C(OCc1ccccc1)C1OC(c2ccccc2)OC[C@@H]1O. The van der Waals surface area contributed by atoms with Crippen LogP contribution < -0.4 is 0 Å². The van der Waals surface area contributed by atoms with Crippen LogP contribution in [0.15, 0.2) is 91.0 Å². The molecule has 6 nitrogen and oxygen atoms in total. The van der Waals surface area contributed by atoms with Crippen molar-refractivity contribution in [3.05, 3.63) is 108 Å². The van der Waals surface area contributed by atoms with Crippen molar-refractivity contribution in [2.75, 3.05) is 13.2 Å². The van der Waals surface area contributed by atoms with Crippen molar-refractivity contribution in [3.8, 4) is 0 Å². The number of benzene rings is 3. The van der Waals surface area contributed by atoms with Crippen molar-refractivity contribution in [1.29, 1.82) is 0 Å². The second-order valence-electron chi connectivity index (χ2n) is 8.02. The summed E-state index contributed by atoms with van der Waals surface area (Å²) in [6, 6.07) is 29.0. The van der Waals surface area contributed by atoms with E-state index in [1.54, 1.807) is 0 Å². The molecule has 1 saturated heterocycles. The third kappa shape index (κ3) is 6.48. The van der Waals surface area contributed by atoms with Gasteiger partial charge in [0.2, 0.25) is 0 Å². The first-order valence-corrected chi connectivity index (χ1v) is 11.2. The van der Waals surface area contributed by atoms with Gasteiger partial charge in [-0.1, -0.05) is 91.0 Å². The summed E-state index contributed by atoms with van der Waals surface area (Å²) >= 11 is 0. The molecule has 4 rings (SSSR count). The summed E-state index contributed by atoms with van der Waals surface area (Å²) in [5, 5.41) is 21.0. The largest absolute Gasteiger partial charge is 0.394 e. The summed E-state index contributed by atoms with van der Waals surface area (Å²) in [5.41, 5.74) is 2.80.